The van der Waals surface area contributed by atoms with E-state index in [4.69, 9.17) is 10.00 Å². The smallest absolute Gasteiger partial charge is 0.145 e. The topological polar surface area (TPSA) is 33.0 Å². The number of ether oxygens (including phenoxy) is 1. The Morgan fingerprint density at radius 2 is 1.84 bits per heavy atom. The quantitative estimate of drug-likeness (QED) is 0.776. The summed E-state index contributed by atoms with van der Waals surface area (Å²) >= 11 is 3.47. The van der Waals surface area contributed by atoms with Gasteiger partial charge in [0.25, 0.3) is 0 Å². The Hall–Kier alpha value is -1.79. The summed E-state index contributed by atoms with van der Waals surface area (Å²) in [5.74, 6) is 1.73. The highest BCUT2D eigenvalue weighted by Crippen LogP contribution is 2.33. The van der Waals surface area contributed by atoms with Gasteiger partial charge in [-0.05, 0) is 41.8 Å². The van der Waals surface area contributed by atoms with Crippen molar-refractivity contribution in [1.82, 2.24) is 0 Å². The zero-order valence-corrected chi connectivity index (χ0v) is 12.4. The van der Waals surface area contributed by atoms with Gasteiger partial charge in [0.2, 0.25) is 0 Å². The second-order valence-corrected chi connectivity index (χ2v) is 5.46. The molecule has 2 aromatic rings. The molecule has 0 spiro atoms. The lowest BCUT2D eigenvalue weighted by atomic mass is 10.0. The Kier molecular flexibility index (Phi) is 4.24. The molecule has 0 saturated heterocycles. The SMILES string of the molecule is CC(C)c1cc(Br)ccc1Oc1ccccc1C#N. The van der Waals surface area contributed by atoms with E-state index in [0.29, 0.717) is 17.2 Å². The molecule has 0 radical (unpaired) electrons. The molecule has 96 valence electrons. The molecule has 0 aliphatic rings. The highest BCUT2D eigenvalue weighted by molar-refractivity contribution is 9.10. The van der Waals surface area contributed by atoms with Crippen LogP contribution in [-0.4, -0.2) is 0 Å². The van der Waals surface area contributed by atoms with Gasteiger partial charge in [-0.2, -0.15) is 5.26 Å². The number of benzene rings is 2. The van der Waals surface area contributed by atoms with Crippen LogP contribution < -0.4 is 4.74 Å². The van der Waals surface area contributed by atoms with E-state index in [2.05, 4.69) is 41.9 Å². The maximum atomic E-state index is 9.08. The molecular formula is C16H14BrNO. The Morgan fingerprint density at radius 3 is 2.53 bits per heavy atom. The van der Waals surface area contributed by atoms with Crippen molar-refractivity contribution in [2.45, 2.75) is 19.8 Å². The molecular weight excluding hydrogens is 302 g/mol. The fourth-order valence-corrected chi connectivity index (χ4v) is 2.21. The van der Waals surface area contributed by atoms with Gasteiger partial charge in [-0.3, -0.25) is 0 Å². The third-order valence-electron chi connectivity index (χ3n) is 2.82. The fraction of sp³-hybridized carbons (Fsp3) is 0.188. The Balaban J connectivity index is 2.41. The molecule has 3 heteroatoms. The van der Waals surface area contributed by atoms with Gasteiger partial charge in [-0.15, -0.1) is 0 Å². The third kappa shape index (κ3) is 3.15. The molecule has 0 atom stereocenters. The summed E-state index contributed by atoms with van der Waals surface area (Å²) in [7, 11) is 0. The first-order valence-electron chi connectivity index (χ1n) is 6.08. The minimum atomic E-state index is 0.349. The highest BCUT2D eigenvalue weighted by Gasteiger charge is 2.11. The zero-order valence-electron chi connectivity index (χ0n) is 10.9. The van der Waals surface area contributed by atoms with Crippen molar-refractivity contribution in [3.8, 4) is 17.6 Å². The van der Waals surface area contributed by atoms with E-state index in [-0.39, 0.29) is 0 Å². The Labute approximate surface area is 121 Å². The van der Waals surface area contributed by atoms with E-state index < -0.39 is 0 Å². The number of hydrogen-bond acceptors (Lipinski definition) is 2. The number of rotatable bonds is 3. The monoisotopic (exact) mass is 315 g/mol. The maximum Gasteiger partial charge on any atom is 0.145 e. The van der Waals surface area contributed by atoms with Crippen LogP contribution in [-0.2, 0) is 0 Å². The average molecular weight is 316 g/mol. The number of nitriles is 1. The summed E-state index contributed by atoms with van der Waals surface area (Å²) in [5.41, 5.74) is 1.65. The van der Waals surface area contributed by atoms with Crippen LogP contribution in [0.2, 0.25) is 0 Å². The van der Waals surface area contributed by atoms with Crippen molar-refractivity contribution < 1.29 is 4.74 Å². The zero-order chi connectivity index (χ0) is 13.8. The maximum absolute atomic E-state index is 9.08. The molecule has 0 amide bonds. The normalized spacial score (nSPS) is 10.3. The average Bonchev–Trinajstić information content (AvgIpc) is 2.41. The lowest BCUT2D eigenvalue weighted by molar-refractivity contribution is 0.471. The lowest BCUT2D eigenvalue weighted by Gasteiger charge is -2.14. The van der Waals surface area contributed by atoms with Crippen molar-refractivity contribution in [2.24, 2.45) is 0 Å². The van der Waals surface area contributed by atoms with Gasteiger partial charge in [0.05, 0.1) is 5.56 Å². The van der Waals surface area contributed by atoms with Gasteiger partial charge >= 0.3 is 0 Å². The van der Waals surface area contributed by atoms with Gasteiger partial charge in [-0.1, -0.05) is 41.9 Å². The second kappa shape index (κ2) is 5.90. The first-order valence-corrected chi connectivity index (χ1v) is 6.87. The van der Waals surface area contributed by atoms with Gasteiger partial charge in [0, 0.05) is 4.47 Å². The van der Waals surface area contributed by atoms with Crippen molar-refractivity contribution >= 4 is 15.9 Å². The van der Waals surface area contributed by atoms with Crippen LogP contribution in [0.4, 0.5) is 0 Å². The summed E-state index contributed by atoms with van der Waals surface area (Å²) in [4.78, 5) is 0. The van der Waals surface area contributed by atoms with Crippen LogP contribution in [0.5, 0.6) is 11.5 Å². The van der Waals surface area contributed by atoms with Crippen molar-refractivity contribution in [2.75, 3.05) is 0 Å². The summed E-state index contributed by atoms with van der Waals surface area (Å²) in [6.07, 6.45) is 0. The lowest BCUT2D eigenvalue weighted by Crippen LogP contribution is -1.95. The molecule has 2 aromatic carbocycles. The third-order valence-corrected chi connectivity index (χ3v) is 3.31. The fourth-order valence-electron chi connectivity index (χ4n) is 1.83. The largest absolute Gasteiger partial charge is 0.456 e. The van der Waals surface area contributed by atoms with Crippen LogP contribution in [0, 0.1) is 11.3 Å². The van der Waals surface area contributed by atoms with E-state index in [0.717, 1.165) is 15.8 Å². The van der Waals surface area contributed by atoms with Crippen LogP contribution in [0.1, 0.15) is 30.9 Å². The summed E-state index contributed by atoms with van der Waals surface area (Å²) in [6.45, 7) is 4.23. The highest BCUT2D eigenvalue weighted by atomic mass is 79.9. The Bertz CT molecular complexity index is 629. The minimum Gasteiger partial charge on any atom is -0.456 e. The van der Waals surface area contributed by atoms with E-state index >= 15 is 0 Å². The first-order chi connectivity index (χ1) is 9.11. The van der Waals surface area contributed by atoms with E-state index in [1.807, 2.05) is 30.3 Å². The second-order valence-electron chi connectivity index (χ2n) is 4.55. The molecule has 19 heavy (non-hydrogen) atoms. The minimum absolute atomic E-state index is 0.349. The summed E-state index contributed by atoms with van der Waals surface area (Å²) in [5, 5.41) is 9.08. The van der Waals surface area contributed by atoms with Crippen molar-refractivity contribution in [3.63, 3.8) is 0 Å². The number of hydrogen-bond donors (Lipinski definition) is 0. The summed E-state index contributed by atoms with van der Waals surface area (Å²) < 4.78 is 6.93. The molecule has 0 heterocycles. The molecule has 0 unspecified atom stereocenters. The van der Waals surface area contributed by atoms with E-state index in [9.17, 15) is 0 Å². The van der Waals surface area contributed by atoms with Crippen LogP contribution in [0.15, 0.2) is 46.9 Å². The molecule has 2 rings (SSSR count). The van der Waals surface area contributed by atoms with Gasteiger partial charge in [0.1, 0.15) is 17.6 Å². The van der Waals surface area contributed by atoms with Crippen LogP contribution in [0.3, 0.4) is 0 Å². The Morgan fingerprint density at radius 1 is 1.11 bits per heavy atom. The van der Waals surface area contributed by atoms with Gasteiger partial charge in [-0.25, -0.2) is 0 Å². The summed E-state index contributed by atoms with van der Waals surface area (Å²) in [6, 6.07) is 15.3. The first kappa shape index (κ1) is 13.6. The number of nitrogens with zero attached hydrogens (tertiary/aromatic N) is 1. The van der Waals surface area contributed by atoms with Gasteiger partial charge in [0.15, 0.2) is 0 Å². The molecule has 0 fully saturated rings. The predicted octanol–water partition coefficient (Wildman–Crippen LogP) is 5.24. The standard InChI is InChI=1S/C16H14BrNO/c1-11(2)14-9-13(17)7-8-16(14)19-15-6-4-3-5-12(15)10-18/h3-9,11H,1-2H3. The van der Waals surface area contributed by atoms with E-state index in [1.54, 1.807) is 6.07 Å². The molecule has 0 aliphatic heterocycles. The molecule has 0 bridgehead atoms. The van der Waals surface area contributed by atoms with Crippen molar-refractivity contribution in [3.05, 3.63) is 58.1 Å². The van der Waals surface area contributed by atoms with Crippen molar-refractivity contribution in [1.29, 1.82) is 5.26 Å². The van der Waals surface area contributed by atoms with Crippen LogP contribution in [0.25, 0.3) is 0 Å². The molecule has 0 saturated carbocycles. The molecule has 0 aromatic heterocycles. The molecule has 0 N–H and O–H groups in total. The molecule has 0 aliphatic carbocycles. The van der Waals surface area contributed by atoms with E-state index in [1.165, 1.54) is 0 Å². The number of para-hydroxylation sites is 1. The molecule has 2 nitrogen and oxygen atoms in total. The number of halogens is 1. The van der Waals surface area contributed by atoms with Crippen LogP contribution >= 0.6 is 15.9 Å². The van der Waals surface area contributed by atoms with Gasteiger partial charge < -0.3 is 4.74 Å². The predicted molar refractivity (Wildman–Crippen MR) is 79.5 cm³/mol.